The zero-order chi connectivity index (χ0) is 15.2. The Morgan fingerprint density at radius 3 is 2.33 bits per heavy atom. The highest BCUT2D eigenvalue weighted by atomic mass is 32.2. The van der Waals surface area contributed by atoms with Gasteiger partial charge in [0, 0.05) is 5.39 Å². The minimum Gasteiger partial charge on any atom is -0.235 e. The molecule has 1 heterocycles. The Morgan fingerprint density at radius 2 is 1.67 bits per heavy atom. The van der Waals surface area contributed by atoms with Crippen LogP contribution in [0.25, 0.3) is 10.9 Å². The van der Waals surface area contributed by atoms with Crippen LogP contribution in [0.2, 0.25) is 0 Å². The predicted octanol–water partition coefficient (Wildman–Crippen LogP) is 3.63. The number of rotatable bonds is 2. The highest BCUT2D eigenvalue weighted by molar-refractivity contribution is 7.90. The molecule has 0 spiro atoms. The van der Waals surface area contributed by atoms with E-state index in [-0.39, 0.29) is 10.6 Å². The van der Waals surface area contributed by atoms with Gasteiger partial charge in [0.25, 0.3) is 10.0 Å². The van der Waals surface area contributed by atoms with E-state index in [1.165, 1.54) is 19.1 Å². The first-order valence-electron chi connectivity index (χ1n) is 6.50. The summed E-state index contributed by atoms with van der Waals surface area (Å²) in [6, 6.07) is 13.1. The van der Waals surface area contributed by atoms with Gasteiger partial charge in [-0.15, -0.1) is 0 Å². The van der Waals surface area contributed by atoms with Crippen LogP contribution in [0, 0.1) is 19.7 Å². The molecule has 0 aliphatic heterocycles. The van der Waals surface area contributed by atoms with Crippen LogP contribution in [-0.4, -0.2) is 12.4 Å². The molecule has 0 radical (unpaired) electrons. The first-order valence-corrected chi connectivity index (χ1v) is 7.95. The zero-order valence-corrected chi connectivity index (χ0v) is 12.5. The summed E-state index contributed by atoms with van der Waals surface area (Å²) in [4.78, 5) is 0.144. The highest BCUT2D eigenvalue weighted by Crippen LogP contribution is 2.29. The monoisotopic (exact) mass is 303 g/mol. The van der Waals surface area contributed by atoms with Gasteiger partial charge in [-0.2, -0.15) is 0 Å². The van der Waals surface area contributed by atoms with Crippen LogP contribution in [0.4, 0.5) is 4.39 Å². The Bertz CT molecular complexity index is 928. The van der Waals surface area contributed by atoms with Crippen molar-refractivity contribution < 1.29 is 12.8 Å². The summed E-state index contributed by atoms with van der Waals surface area (Å²) in [5, 5.41) is 0.326. The lowest BCUT2D eigenvalue weighted by Crippen LogP contribution is -2.14. The molecular weight excluding hydrogens is 289 g/mol. The van der Waals surface area contributed by atoms with Crippen LogP contribution in [0.1, 0.15) is 11.3 Å². The Kier molecular flexibility index (Phi) is 3.10. The number of benzene rings is 2. The van der Waals surface area contributed by atoms with E-state index in [0.717, 1.165) is 9.54 Å². The molecule has 3 nitrogen and oxygen atoms in total. The lowest BCUT2D eigenvalue weighted by Gasteiger charge is -2.09. The Hall–Kier alpha value is -2.14. The number of halogens is 1. The topological polar surface area (TPSA) is 39.1 Å². The fraction of sp³-hybridized carbons (Fsp3) is 0.125. The first kappa shape index (κ1) is 13.8. The summed E-state index contributed by atoms with van der Waals surface area (Å²) >= 11 is 0. The Labute approximate surface area is 122 Å². The molecule has 0 saturated heterocycles. The van der Waals surface area contributed by atoms with Crippen molar-refractivity contribution in [2.75, 3.05) is 0 Å². The quantitative estimate of drug-likeness (QED) is 0.725. The fourth-order valence-corrected chi connectivity index (χ4v) is 4.05. The molecule has 0 aliphatic rings. The van der Waals surface area contributed by atoms with E-state index in [2.05, 4.69) is 0 Å². The molecule has 3 aromatic rings. The standard InChI is InChI=1S/C16H14FNO2S/c1-11-8-9-15-14(10-11)16(17)12(2)18(15)21(19,20)13-6-4-3-5-7-13/h3-10H,1-2H3. The number of nitrogens with zero attached hydrogens (tertiary/aromatic N) is 1. The van der Waals surface area contributed by atoms with E-state index in [1.807, 2.05) is 6.92 Å². The van der Waals surface area contributed by atoms with Gasteiger partial charge >= 0.3 is 0 Å². The third kappa shape index (κ3) is 2.05. The zero-order valence-electron chi connectivity index (χ0n) is 11.7. The van der Waals surface area contributed by atoms with Gasteiger partial charge in [-0.25, -0.2) is 16.8 Å². The largest absolute Gasteiger partial charge is 0.268 e. The van der Waals surface area contributed by atoms with Crippen molar-refractivity contribution in [3.63, 3.8) is 0 Å². The van der Waals surface area contributed by atoms with Crippen molar-refractivity contribution in [2.24, 2.45) is 0 Å². The Morgan fingerprint density at radius 1 is 1.00 bits per heavy atom. The maximum absolute atomic E-state index is 14.4. The van der Waals surface area contributed by atoms with E-state index >= 15 is 0 Å². The molecule has 0 aliphatic carbocycles. The molecule has 3 rings (SSSR count). The van der Waals surface area contributed by atoms with E-state index in [9.17, 15) is 12.8 Å². The predicted molar refractivity (Wildman–Crippen MR) is 80.4 cm³/mol. The average molecular weight is 303 g/mol. The lowest BCUT2D eigenvalue weighted by molar-refractivity contribution is 0.582. The van der Waals surface area contributed by atoms with Gasteiger partial charge in [-0.05, 0) is 38.1 Å². The summed E-state index contributed by atoms with van der Waals surface area (Å²) in [5.74, 6) is -0.492. The van der Waals surface area contributed by atoms with Crippen LogP contribution in [0.15, 0.2) is 53.4 Å². The second kappa shape index (κ2) is 4.70. The highest BCUT2D eigenvalue weighted by Gasteiger charge is 2.24. The summed E-state index contributed by atoms with van der Waals surface area (Å²) in [7, 11) is -3.81. The summed E-state index contributed by atoms with van der Waals surface area (Å²) in [6.07, 6.45) is 0. The second-order valence-corrected chi connectivity index (χ2v) is 6.79. The molecule has 5 heteroatoms. The summed E-state index contributed by atoms with van der Waals surface area (Å²) < 4.78 is 41.0. The molecule has 0 amide bonds. The van der Waals surface area contributed by atoms with Gasteiger partial charge in [-0.3, -0.25) is 0 Å². The maximum atomic E-state index is 14.4. The molecule has 0 N–H and O–H groups in total. The van der Waals surface area contributed by atoms with Gasteiger partial charge in [0.1, 0.15) is 0 Å². The van der Waals surface area contributed by atoms with E-state index in [4.69, 9.17) is 0 Å². The van der Waals surface area contributed by atoms with Crippen molar-refractivity contribution in [2.45, 2.75) is 18.7 Å². The van der Waals surface area contributed by atoms with Crippen molar-refractivity contribution in [1.82, 2.24) is 3.97 Å². The third-order valence-electron chi connectivity index (χ3n) is 3.51. The fourth-order valence-electron chi connectivity index (χ4n) is 2.48. The molecule has 21 heavy (non-hydrogen) atoms. The normalized spacial score (nSPS) is 12.0. The average Bonchev–Trinajstić information content (AvgIpc) is 2.72. The number of hydrogen-bond donors (Lipinski definition) is 0. The van der Waals surface area contributed by atoms with Gasteiger partial charge in [0.05, 0.1) is 16.1 Å². The smallest absolute Gasteiger partial charge is 0.235 e. The number of hydrogen-bond acceptors (Lipinski definition) is 2. The molecular formula is C16H14FNO2S. The number of aryl methyl sites for hydroxylation is 1. The van der Waals surface area contributed by atoms with E-state index in [1.54, 1.807) is 36.4 Å². The van der Waals surface area contributed by atoms with Crippen LogP contribution in [0.5, 0.6) is 0 Å². The minimum absolute atomic E-state index is 0.0967. The Balaban J connectivity index is 2.39. The molecule has 0 saturated carbocycles. The molecule has 1 aromatic heterocycles. The lowest BCUT2D eigenvalue weighted by atomic mass is 10.2. The molecule has 2 aromatic carbocycles. The van der Waals surface area contributed by atoms with Gasteiger partial charge in [-0.1, -0.05) is 29.8 Å². The number of fused-ring (bicyclic) bond motifs is 1. The number of aromatic nitrogens is 1. The molecule has 108 valence electrons. The summed E-state index contributed by atoms with van der Waals surface area (Å²) in [6.45, 7) is 3.32. The van der Waals surface area contributed by atoms with Gasteiger partial charge in [0.15, 0.2) is 5.82 Å². The van der Waals surface area contributed by atoms with Crippen LogP contribution >= 0.6 is 0 Å². The van der Waals surface area contributed by atoms with Crippen molar-refractivity contribution in [3.8, 4) is 0 Å². The molecule has 0 fully saturated rings. The van der Waals surface area contributed by atoms with Crippen LogP contribution in [0.3, 0.4) is 0 Å². The van der Waals surface area contributed by atoms with E-state index < -0.39 is 15.8 Å². The minimum atomic E-state index is -3.81. The van der Waals surface area contributed by atoms with Crippen molar-refractivity contribution in [3.05, 3.63) is 65.6 Å². The van der Waals surface area contributed by atoms with Crippen LogP contribution in [-0.2, 0) is 10.0 Å². The second-order valence-electron chi connectivity index (χ2n) is 5.00. The molecule has 0 unspecified atom stereocenters. The van der Waals surface area contributed by atoms with Gasteiger partial charge in [0.2, 0.25) is 0 Å². The first-order chi connectivity index (χ1) is 9.93. The van der Waals surface area contributed by atoms with Crippen molar-refractivity contribution in [1.29, 1.82) is 0 Å². The third-order valence-corrected chi connectivity index (χ3v) is 5.33. The van der Waals surface area contributed by atoms with E-state index in [0.29, 0.717) is 10.9 Å². The van der Waals surface area contributed by atoms with Crippen molar-refractivity contribution >= 4 is 20.9 Å². The summed E-state index contributed by atoms with van der Waals surface area (Å²) in [5.41, 5.74) is 1.34. The SMILES string of the molecule is Cc1ccc2c(c1)c(F)c(C)n2S(=O)(=O)c1ccccc1. The molecule has 0 atom stereocenters. The van der Waals surface area contributed by atoms with Crippen LogP contribution < -0.4 is 0 Å². The maximum Gasteiger partial charge on any atom is 0.268 e. The molecule has 0 bridgehead atoms. The van der Waals surface area contributed by atoms with Gasteiger partial charge < -0.3 is 0 Å².